The molecule has 1 aliphatic rings. The number of imide groups is 1. The average molecular weight is 405 g/mol. The second kappa shape index (κ2) is 7.57. The van der Waals surface area contributed by atoms with Crippen LogP contribution in [0.2, 0.25) is 0 Å². The minimum atomic E-state index is -0.598. The van der Waals surface area contributed by atoms with Gasteiger partial charge in [-0.05, 0) is 37.1 Å². The van der Waals surface area contributed by atoms with E-state index in [1.54, 1.807) is 36.4 Å². The van der Waals surface area contributed by atoms with Crippen molar-refractivity contribution in [1.29, 1.82) is 0 Å². The van der Waals surface area contributed by atoms with Gasteiger partial charge in [-0.25, -0.2) is 4.90 Å². The van der Waals surface area contributed by atoms with Gasteiger partial charge in [0.15, 0.2) is 0 Å². The van der Waals surface area contributed by atoms with Gasteiger partial charge < -0.3 is 10.4 Å². The predicted octanol–water partition coefficient (Wildman–Crippen LogP) is 3.65. The van der Waals surface area contributed by atoms with Crippen LogP contribution in [0.4, 0.5) is 17.1 Å². The van der Waals surface area contributed by atoms with Crippen molar-refractivity contribution in [3.63, 3.8) is 0 Å². The number of carbonyl (C=O) groups excluding carboxylic acids is 2. The molecule has 1 heterocycles. The van der Waals surface area contributed by atoms with Gasteiger partial charge in [0.2, 0.25) is 0 Å². The molecule has 0 atom stereocenters. The summed E-state index contributed by atoms with van der Waals surface area (Å²) in [5.74, 6) is -1.07. The third-order valence-electron chi connectivity index (χ3n) is 5.10. The van der Waals surface area contributed by atoms with E-state index in [1.807, 2.05) is 13.0 Å². The monoisotopic (exact) mass is 405 g/mol. The Morgan fingerprint density at radius 2 is 1.80 bits per heavy atom. The third-order valence-corrected chi connectivity index (χ3v) is 5.10. The quantitative estimate of drug-likeness (QED) is 0.280. The SMILES string of the molecule is Cc1cccc(N2C(=O)c3cccc4c(NCCCO)c([N+](=O)[O-])cc(c34)C2=O)c1. The van der Waals surface area contributed by atoms with E-state index >= 15 is 0 Å². The molecule has 8 heteroatoms. The first kappa shape index (κ1) is 19.5. The van der Waals surface area contributed by atoms with Gasteiger partial charge >= 0.3 is 0 Å². The van der Waals surface area contributed by atoms with Gasteiger partial charge in [0.25, 0.3) is 17.5 Å². The summed E-state index contributed by atoms with van der Waals surface area (Å²) in [6.45, 7) is 2.10. The number of benzene rings is 3. The number of carbonyl (C=O) groups is 2. The van der Waals surface area contributed by atoms with Crippen molar-refractivity contribution in [2.24, 2.45) is 0 Å². The van der Waals surface area contributed by atoms with Crippen LogP contribution < -0.4 is 10.2 Å². The molecule has 2 amide bonds. The van der Waals surface area contributed by atoms with Gasteiger partial charge in [-0.3, -0.25) is 19.7 Å². The first-order valence-corrected chi connectivity index (χ1v) is 9.48. The Labute approximate surface area is 171 Å². The fourth-order valence-corrected chi connectivity index (χ4v) is 3.77. The molecule has 0 spiro atoms. The van der Waals surface area contributed by atoms with Gasteiger partial charge in [-0.15, -0.1) is 0 Å². The van der Waals surface area contributed by atoms with Gasteiger partial charge in [-0.1, -0.05) is 24.3 Å². The molecule has 0 fully saturated rings. The lowest BCUT2D eigenvalue weighted by Crippen LogP contribution is -2.40. The smallest absolute Gasteiger partial charge is 0.293 e. The van der Waals surface area contributed by atoms with Crippen LogP contribution in [0.5, 0.6) is 0 Å². The number of nitro benzene ring substituents is 1. The minimum Gasteiger partial charge on any atom is -0.396 e. The van der Waals surface area contributed by atoms with E-state index in [2.05, 4.69) is 5.32 Å². The highest BCUT2D eigenvalue weighted by Crippen LogP contribution is 2.41. The number of nitrogens with zero attached hydrogens (tertiary/aromatic N) is 2. The van der Waals surface area contributed by atoms with Crippen LogP contribution in [-0.2, 0) is 0 Å². The maximum absolute atomic E-state index is 13.3. The molecule has 4 rings (SSSR count). The van der Waals surface area contributed by atoms with Gasteiger partial charge in [0.1, 0.15) is 5.69 Å². The molecule has 0 aromatic heterocycles. The van der Waals surface area contributed by atoms with E-state index < -0.39 is 16.7 Å². The van der Waals surface area contributed by atoms with E-state index in [-0.39, 0.29) is 23.5 Å². The summed E-state index contributed by atoms with van der Waals surface area (Å²) in [5.41, 5.74) is 1.70. The fourth-order valence-electron chi connectivity index (χ4n) is 3.77. The van der Waals surface area contributed by atoms with Crippen LogP contribution in [-0.4, -0.2) is 35.0 Å². The Kier molecular flexibility index (Phi) is 4.93. The summed E-state index contributed by atoms with van der Waals surface area (Å²) in [6.07, 6.45) is 0.402. The van der Waals surface area contributed by atoms with Crippen molar-refractivity contribution in [3.8, 4) is 0 Å². The molecule has 0 unspecified atom stereocenters. The van der Waals surface area contributed by atoms with Gasteiger partial charge in [0, 0.05) is 35.6 Å². The predicted molar refractivity (Wildman–Crippen MR) is 113 cm³/mol. The summed E-state index contributed by atoms with van der Waals surface area (Å²) in [6, 6.07) is 13.1. The van der Waals surface area contributed by atoms with E-state index in [1.165, 1.54) is 6.07 Å². The molecule has 0 saturated heterocycles. The van der Waals surface area contributed by atoms with Crippen molar-refractivity contribution in [2.45, 2.75) is 13.3 Å². The summed E-state index contributed by atoms with van der Waals surface area (Å²) in [4.78, 5) is 38.8. The van der Waals surface area contributed by atoms with Crippen LogP contribution in [0.25, 0.3) is 10.8 Å². The Bertz CT molecular complexity index is 1200. The lowest BCUT2D eigenvalue weighted by molar-refractivity contribution is -0.383. The third kappa shape index (κ3) is 3.07. The summed E-state index contributed by atoms with van der Waals surface area (Å²) in [5, 5.41) is 24.6. The number of hydrogen-bond donors (Lipinski definition) is 2. The Morgan fingerprint density at radius 3 is 2.50 bits per heavy atom. The first-order valence-electron chi connectivity index (χ1n) is 9.48. The van der Waals surface area contributed by atoms with Crippen molar-refractivity contribution in [2.75, 3.05) is 23.4 Å². The van der Waals surface area contributed by atoms with Gasteiger partial charge in [-0.2, -0.15) is 0 Å². The zero-order valence-electron chi connectivity index (χ0n) is 16.2. The second-order valence-electron chi connectivity index (χ2n) is 7.09. The lowest BCUT2D eigenvalue weighted by Gasteiger charge is -2.28. The molecule has 2 N–H and O–H groups in total. The van der Waals surface area contributed by atoms with Crippen LogP contribution in [0, 0.1) is 17.0 Å². The number of hydrogen-bond acceptors (Lipinski definition) is 6. The molecule has 152 valence electrons. The highest BCUT2D eigenvalue weighted by atomic mass is 16.6. The molecule has 0 radical (unpaired) electrons. The number of nitro groups is 1. The van der Waals surface area contributed by atoms with E-state index in [0.29, 0.717) is 35.0 Å². The van der Waals surface area contributed by atoms with Crippen LogP contribution >= 0.6 is 0 Å². The fraction of sp³-hybridized carbons (Fsp3) is 0.182. The number of anilines is 2. The number of nitrogens with one attached hydrogen (secondary N) is 1. The second-order valence-corrected chi connectivity index (χ2v) is 7.09. The number of rotatable bonds is 6. The summed E-state index contributed by atoms with van der Waals surface area (Å²) in [7, 11) is 0. The van der Waals surface area contributed by atoms with Crippen LogP contribution in [0.3, 0.4) is 0 Å². The van der Waals surface area contributed by atoms with Crippen molar-refractivity contribution in [3.05, 3.63) is 75.3 Å². The topological polar surface area (TPSA) is 113 Å². The highest BCUT2D eigenvalue weighted by molar-refractivity contribution is 6.37. The zero-order valence-corrected chi connectivity index (χ0v) is 16.2. The molecule has 1 aliphatic heterocycles. The summed E-state index contributed by atoms with van der Waals surface area (Å²) < 4.78 is 0. The molecular formula is C22H19N3O5. The highest BCUT2D eigenvalue weighted by Gasteiger charge is 2.37. The Hall–Kier alpha value is -3.78. The molecule has 0 saturated carbocycles. The lowest BCUT2D eigenvalue weighted by atomic mass is 9.91. The van der Waals surface area contributed by atoms with Crippen molar-refractivity contribution in [1.82, 2.24) is 0 Å². The van der Waals surface area contributed by atoms with E-state index in [9.17, 15) is 19.7 Å². The average Bonchev–Trinajstić information content (AvgIpc) is 2.72. The maximum atomic E-state index is 13.3. The summed E-state index contributed by atoms with van der Waals surface area (Å²) >= 11 is 0. The number of aliphatic hydroxyl groups is 1. The van der Waals surface area contributed by atoms with E-state index in [0.717, 1.165) is 10.5 Å². The Morgan fingerprint density at radius 1 is 1.07 bits per heavy atom. The zero-order chi connectivity index (χ0) is 21.4. The van der Waals surface area contributed by atoms with Crippen LogP contribution in [0.15, 0.2) is 48.5 Å². The molecular weight excluding hydrogens is 386 g/mol. The first-order chi connectivity index (χ1) is 14.4. The van der Waals surface area contributed by atoms with Crippen molar-refractivity contribution < 1.29 is 19.6 Å². The van der Waals surface area contributed by atoms with Gasteiger partial charge in [0.05, 0.1) is 16.2 Å². The standard InChI is InChI=1S/C22H19N3O5/c1-13-5-2-6-14(11-13)24-21(27)16-8-3-7-15-19(16)17(22(24)28)12-18(25(29)30)20(15)23-9-4-10-26/h2-3,5-8,11-12,23,26H,4,9-10H2,1H3. The number of aliphatic hydroxyl groups excluding tert-OH is 1. The van der Waals surface area contributed by atoms with Crippen LogP contribution in [0.1, 0.15) is 32.7 Å². The van der Waals surface area contributed by atoms with Crippen molar-refractivity contribution >= 4 is 39.6 Å². The normalized spacial score (nSPS) is 13.1. The van der Waals surface area contributed by atoms with E-state index in [4.69, 9.17) is 5.11 Å². The number of amides is 2. The molecule has 0 aliphatic carbocycles. The number of aryl methyl sites for hydroxylation is 1. The minimum absolute atomic E-state index is 0.0650. The molecule has 3 aromatic carbocycles. The molecule has 3 aromatic rings. The largest absolute Gasteiger partial charge is 0.396 e. The maximum Gasteiger partial charge on any atom is 0.293 e. The molecule has 30 heavy (non-hydrogen) atoms. The molecule has 8 nitrogen and oxygen atoms in total. The molecule has 0 bridgehead atoms. The Balaban J connectivity index is 1.96.